The van der Waals surface area contributed by atoms with Gasteiger partial charge in [-0.3, -0.25) is 0 Å². The van der Waals surface area contributed by atoms with Crippen molar-refractivity contribution in [3.63, 3.8) is 0 Å². The van der Waals surface area contributed by atoms with Gasteiger partial charge in [0.2, 0.25) is 0 Å². The first-order valence-electron chi connectivity index (χ1n) is 8.83. The van der Waals surface area contributed by atoms with Crippen LogP contribution in [0.25, 0.3) is 11.1 Å². The fourth-order valence-electron chi connectivity index (χ4n) is 4.04. The van der Waals surface area contributed by atoms with Crippen LogP contribution in [0, 0.1) is 0 Å². The van der Waals surface area contributed by atoms with Gasteiger partial charge in [-0.15, -0.1) is 0 Å². The monoisotopic (exact) mass is 478 g/mol. The molecule has 2 aromatic rings. The van der Waals surface area contributed by atoms with Crippen molar-refractivity contribution in [2.45, 2.75) is 17.0 Å². The second-order valence-electron chi connectivity index (χ2n) is 6.37. The van der Waals surface area contributed by atoms with Gasteiger partial charge in [0.1, 0.15) is 0 Å². The van der Waals surface area contributed by atoms with Gasteiger partial charge in [-0.2, -0.15) is 0 Å². The van der Waals surface area contributed by atoms with Gasteiger partial charge in [0.05, 0.1) is 0 Å². The standard InChI is InChI=1S/C13H9.C7H9O2.C2H4.2ClH.Zr/c1-3-7-12-10(5-1)9-11-6-2-4-8-13(11)12;8-5-6-9-7-3-1-2-4-7;1-2;;;/h1-9H;1,3,8H,2,5-6H2;1H,2H3;2*1H;/q;;;;;+2/p-2. The molecule has 0 saturated carbocycles. The molecule has 0 aliphatic heterocycles. The molecule has 0 atom stereocenters. The van der Waals surface area contributed by atoms with Gasteiger partial charge >= 0.3 is 157 Å². The van der Waals surface area contributed by atoms with E-state index in [1.165, 1.54) is 25.5 Å². The van der Waals surface area contributed by atoms with Gasteiger partial charge < -0.3 is 24.8 Å². The Balaban J connectivity index is 0.00000131. The summed E-state index contributed by atoms with van der Waals surface area (Å²) in [7, 11) is 0. The third-order valence-electron chi connectivity index (χ3n) is 5.04. The molecule has 0 radical (unpaired) electrons. The molecule has 0 heterocycles. The Hall–Kier alpha value is -0.987. The van der Waals surface area contributed by atoms with Crippen LogP contribution in [0.3, 0.4) is 0 Å². The van der Waals surface area contributed by atoms with Crippen LogP contribution in [-0.4, -0.2) is 22.0 Å². The molecule has 0 saturated heterocycles. The molecular weight excluding hydrogens is 458 g/mol. The number of aliphatic hydroxyl groups is 1. The predicted molar refractivity (Wildman–Crippen MR) is 99.3 cm³/mol. The maximum absolute atomic E-state index is 9.12. The molecule has 0 fully saturated rings. The maximum Gasteiger partial charge on any atom is -1.00 e. The Morgan fingerprint density at radius 3 is 2.19 bits per heavy atom. The number of ether oxygens (including phenoxy) is 1. The number of rotatable bonds is 5. The van der Waals surface area contributed by atoms with Crippen molar-refractivity contribution < 1.29 is 55.9 Å². The zero-order chi connectivity index (χ0) is 17.2. The van der Waals surface area contributed by atoms with E-state index in [1.807, 2.05) is 0 Å². The van der Waals surface area contributed by atoms with Crippen molar-refractivity contribution in [2.24, 2.45) is 0 Å². The van der Waals surface area contributed by atoms with Crippen LogP contribution in [0.15, 0.2) is 69.7 Å². The molecule has 140 valence electrons. The average molecular weight is 481 g/mol. The maximum atomic E-state index is 9.12. The van der Waals surface area contributed by atoms with Gasteiger partial charge in [0, 0.05) is 0 Å². The summed E-state index contributed by atoms with van der Waals surface area (Å²) in [6, 6.07) is 17.7. The number of benzene rings is 2. The fourth-order valence-corrected chi connectivity index (χ4v) is 11.4. The molecule has 0 unspecified atom stereocenters. The molecule has 0 aromatic heterocycles. The molecule has 27 heavy (non-hydrogen) atoms. The van der Waals surface area contributed by atoms with Crippen molar-refractivity contribution >= 4 is 3.71 Å². The summed E-state index contributed by atoms with van der Waals surface area (Å²) in [5.41, 5.74) is 5.76. The van der Waals surface area contributed by atoms with Crippen LogP contribution in [0.2, 0.25) is 0 Å². The Bertz CT molecular complexity index is 857. The van der Waals surface area contributed by atoms with Crippen LogP contribution in [0.5, 0.6) is 0 Å². The van der Waals surface area contributed by atoms with Gasteiger partial charge in [0.15, 0.2) is 0 Å². The van der Waals surface area contributed by atoms with Crippen LogP contribution >= 0.6 is 0 Å². The summed E-state index contributed by atoms with van der Waals surface area (Å²) in [4.78, 5) is 0. The fraction of sp³-hybridized carbons (Fsp3) is 0.227. The third kappa shape index (κ3) is 4.08. The topological polar surface area (TPSA) is 29.5 Å². The molecule has 1 N–H and O–H groups in total. The number of aliphatic hydroxyl groups excluding tert-OH is 1. The van der Waals surface area contributed by atoms with Crippen molar-refractivity contribution in [1.82, 2.24) is 0 Å². The zero-order valence-electron chi connectivity index (χ0n) is 15.2. The molecule has 2 aliphatic rings. The summed E-state index contributed by atoms with van der Waals surface area (Å²) < 4.78 is 10.4. The Morgan fingerprint density at radius 1 is 1.04 bits per heavy atom. The van der Waals surface area contributed by atoms with Crippen molar-refractivity contribution in [2.75, 3.05) is 13.2 Å². The molecule has 4 rings (SSSR count). The van der Waals surface area contributed by atoms with Crippen molar-refractivity contribution in [3.8, 4) is 11.1 Å². The summed E-state index contributed by atoms with van der Waals surface area (Å²) in [6.07, 6.45) is 5.31. The summed E-state index contributed by atoms with van der Waals surface area (Å²) in [5.74, 6) is 1.02. The first-order valence-corrected chi connectivity index (χ1v) is 12.9. The minimum Gasteiger partial charge on any atom is -1.00 e. The summed E-state index contributed by atoms with van der Waals surface area (Å²) in [5, 5.41) is 9.12. The van der Waals surface area contributed by atoms with E-state index in [2.05, 4.69) is 71.3 Å². The van der Waals surface area contributed by atoms with Crippen molar-refractivity contribution in [1.29, 1.82) is 0 Å². The van der Waals surface area contributed by atoms with Crippen molar-refractivity contribution in [3.05, 3.63) is 80.9 Å². The predicted octanol–water partition coefficient (Wildman–Crippen LogP) is -1.61. The minimum atomic E-state index is -2.11. The quantitative estimate of drug-likeness (QED) is 0.558. The van der Waals surface area contributed by atoms with E-state index in [9.17, 15) is 0 Å². The minimum absolute atomic E-state index is 0. The van der Waals surface area contributed by atoms with E-state index in [4.69, 9.17) is 9.84 Å². The van der Waals surface area contributed by atoms with E-state index in [1.54, 1.807) is 0 Å². The zero-order valence-corrected chi connectivity index (χ0v) is 19.1. The van der Waals surface area contributed by atoms with Gasteiger partial charge in [-0.25, -0.2) is 0 Å². The van der Waals surface area contributed by atoms with E-state index in [0.717, 1.165) is 12.2 Å². The molecule has 0 amide bonds. The molecule has 2 aromatic carbocycles. The van der Waals surface area contributed by atoms with E-state index < -0.39 is 21.3 Å². The Kier molecular flexibility index (Phi) is 8.25. The van der Waals surface area contributed by atoms with Crippen LogP contribution in [0.4, 0.5) is 0 Å². The smallest absolute Gasteiger partial charge is 1.00 e. The molecule has 5 heteroatoms. The normalized spacial score (nSPS) is 14.4. The van der Waals surface area contributed by atoms with Crippen LogP contribution in [0.1, 0.15) is 28.1 Å². The molecule has 0 bridgehead atoms. The molecule has 2 nitrogen and oxygen atoms in total. The van der Waals surface area contributed by atoms with E-state index >= 15 is 0 Å². The molecular formula is C22H22Cl2O2Zr. The molecule has 0 spiro atoms. The second-order valence-corrected chi connectivity index (χ2v) is 12.9. The number of hydrogen-bond acceptors (Lipinski definition) is 2. The first kappa shape index (κ1) is 22.3. The number of hydrogen-bond donors (Lipinski definition) is 1. The Morgan fingerprint density at radius 2 is 1.63 bits per heavy atom. The average Bonchev–Trinajstić information content (AvgIpc) is 3.25. The number of allylic oxidation sites excluding steroid dienone is 3. The van der Waals surface area contributed by atoms with Gasteiger partial charge in [0.25, 0.3) is 0 Å². The summed E-state index contributed by atoms with van der Waals surface area (Å²) >= 11 is -2.11. The number of halogens is 2. The number of fused-ring (bicyclic) bond motifs is 3. The SMILES string of the molecule is C[CH]=[Zr+2]([C]1=C(OCCO)C=CC1)[CH]1c2ccccc2-c2ccccc21.[Cl-].[Cl-]. The first-order chi connectivity index (χ1) is 12.3. The second kappa shape index (κ2) is 9.98. The third-order valence-corrected chi connectivity index (χ3v) is 12.4. The molecule has 2 aliphatic carbocycles. The van der Waals surface area contributed by atoms with Gasteiger partial charge in [-0.1, -0.05) is 0 Å². The van der Waals surface area contributed by atoms with Crippen LogP contribution in [-0.2, 0) is 26.0 Å². The van der Waals surface area contributed by atoms with E-state index in [-0.39, 0.29) is 31.4 Å². The van der Waals surface area contributed by atoms with E-state index in [0.29, 0.717) is 10.2 Å². The van der Waals surface area contributed by atoms with Crippen LogP contribution < -0.4 is 24.8 Å². The largest absolute Gasteiger partial charge is 1.00 e. The Labute approximate surface area is 180 Å². The summed E-state index contributed by atoms with van der Waals surface area (Å²) in [6.45, 7) is 2.67. The van der Waals surface area contributed by atoms with Gasteiger partial charge in [-0.05, 0) is 0 Å².